The molecule has 1 aromatic rings. The van der Waals surface area contributed by atoms with Gasteiger partial charge in [0.2, 0.25) is 0 Å². The first-order chi connectivity index (χ1) is 7.04. The van der Waals surface area contributed by atoms with Gasteiger partial charge in [-0.3, -0.25) is 9.78 Å². The van der Waals surface area contributed by atoms with Crippen molar-refractivity contribution < 1.29 is 9.90 Å². The van der Waals surface area contributed by atoms with Crippen LogP contribution in [0.4, 0.5) is 0 Å². The van der Waals surface area contributed by atoms with Crippen molar-refractivity contribution in [1.82, 2.24) is 4.98 Å². The zero-order chi connectivity index (χ0) is 11.4. The molecule has 4 nitrogen and oxygen atoms in total. The summed E-state index contributed by atoms with van der Waals surface area (Å²) < 4.78 is 0. The zero-order valence-corrected chi connectivity index (χ0v) is 8.92. The minimum Gasteiger partial charge on any atom is -0.480 e. The van der Waals surface area contributed by atoms with Crippen LogP contribution < -0.4 is 5.73 Å². The number of carboxylic acid groups (broad SMARTS) is 1. The highest BCUT2D eigenvalue weighted by atomic mass is 16.4. The van der Waals surface area contributed by atoms with Crippen molar-refractivity contribution in [3.8, 4) is 0 Å². The molecule has 0 aromatic carbocycles. The molecule has 0 saturated carbocycles. The second-order valence-corrected chi connectivity index (χ2v) is 3.89. The summed E-state index contributed by atoms with van der Waals surface area (Å²) in [4.78, 5) is 15.0. The molecule has 0 bridgehead atoms. The van der Waals surface area contributed by atoms with Crippen LogP contribution in [0.2, 0.25) is 0 Å². The van der Waals surface area contributed by atoms with Crippen LogP contribution in [0.25, 0.3) is 0 Å². The van der Waals surface area contributed by atoms with Crippen molar-refractivity contribution in [3.63, 3.8) is 0 Å². The van der Waals surface area contributed by atoms with Gasteiger partial charge in [-0.15, -0.1) is 0 Å². The van der Waals surface area contributed by atoms with Crippen LogP contribution in [0.3, 0.4) is 0 Å². The van der Waals surface area contributed by atoms with Crippen LogP contribution in [0, 0.1) is 5.92 Å². The Hall–Kier alpha value is -1.42. The third-order valence-electron chi connectivity index (χ3n) is 2.42. The fourth-order valence-electron chi connectivity index (χ4n) is 1.67. The molecule has 1 rings (SSSR count). The van der Waals surface area contributed by atoms with Gasteiger partial charge in [0.15, 0.2) is 0 Å². The Morgan fingerprint density at radius 3 is 2.53 bits per heavy atom. The number of rotatable bonds is 4. The number of aromatic nitrogens is 1. The molecule has 0 aliphatic heterocycles. The Morgan fingerprint density at radius 1 is 1.47 bits per heavy atom. The number of hydrogen-bond donors (Lipinski definition) is 2. The normalized spacial score (nSPS) is 14.9. The summed E-state index contributed by atoms with van der Waals surface area (Å²) in [5, 5.41) is 8.91. The standard InChI is InChI=1S/C11H16N2O2/c1-7(2)9(10(12)11(14)15)8-5-3-4-6-13-8/h3-7,9-10H,12H2,1-2H3,(H,14,15). The summed E-state index contributed by atoms with van der Waals surface area (Å²) in [5.74, 6) is -1.09. The molecule has 3 N–H and O–H groups in total. The monoisotopic (exact) mass is 208 g/mol. The topological polar surface area (TPSA) is 76.2 Å². The van der Waals surface area contributed by atoms with Gasteiger partial charge < -0.3 is 10.8 Å². The van der Waals surface area contributed by atoms with Crippen molar-refractivity contribution in [2.24, 2.45) is 11.7 Å². The molecule has 0 aliphatic rings. The average Bonchev–Trinajstić information content (AvgIpc) is 2.18. The van der Waals surface area contributed by atoms with Crippen molar-refractivity contribution in [1.29, 1.82) is 0 Å². The van der Waals surface area contributed by atoms with E-state index in [0.29, 0.717) is 0 Å². The summed E-state index contributed by atoms with van der Waals surface area (Å²) in [6.45, 7) is 3.89. The molecule has 1 aromatic heterocycles. The Labute approximate surface area is 89.1 Å². The average molecular weight is 208 g/mol. The van der Waals surface area contributed by atoms with E-state index < -0.39 is 12.0 Å². The number of carbonyl (C=O) groups is 1. The van der Waals surface area contributed by atoms with E-state index in [2.05, 4.69) is 4.98 Å². The maximum absolute atomic E-state index is 10.9. The van der Waals surface area contributed by atoms with Gasteiger partial charge >= 0.3 is 5.97 Å². The zero-order valence-electron chi connectivity index (χ0n) is 8.92. The van der Waals surface area contributed by atoms with E-state index in [0.717, 1.165) is 5.69 Å². The lowest BCUT2D eigenvalue weighted by Crippen LogP contribution is -2.39. The molecule has 82 valence electrons. The first-order valence-corrected chi connectivity index (χ1v) is 4.93. The summed E-state index contributed by atoms with van der Waals surface area (Å²) in [7, 11) is 0. The largest absolute Gasteiger partial charge is 0.480 e. The van der Waals surface area contributed by atoms with Gasteiger partial charge in [-0.1, -0.05) is 19.9 Å². The van der Waals surface area contributed by atoms with Crippen molar-refractivity contribution >= 4 is 5.97 Å². The summed E-state index contributed by atoms with van der Waals surface area (Å²) in [5.41, 5.74) is 6.39. The van der Waals surface area contributed by atoms with Crippen LogP contribution >= 0.6 is 0 Å². The van der Waals surface area contributed by atoms with Crippen LogP contribution in [0.1, 0.15) is 25.5 Å². The summed E-state index contributed by atoms with van der Waals surface area (Å²) >= 11 is 0. The molecule has 0 amide bonds. The molecule has 2 unspecified atom stereocenters. The van der Waals surface area contributed by atoms with E-state index in [9.17, 15) is 4.79 Å². The molecule has 0 spiro atoms. The molecule has 2 atom stereocenters. The molecular formula is C11H16N2O2. The number of aliphatic carboxylic acids is 1. The predicted octanol–water partition coefficient (Wildman–Crippen LogP) is 1.23. The summed E-state index contributed by atoms with van der Waals surface area (Å²) in [6, 6.07) is 4.55. The Morgan fingerprint density at radius 2 is 2.13 bits per heavy atom. The second-order valence-electron chi connectivity index (χ2n) is 3.89. The van der Waals surface area contributed by atoms with E-state index in [1.807, 2.05) is 26.0 Å². The van der Waals surface area contributed by atoms with Gasteiger partial charge in [0.25, 0.3) is 0 Å². The number of hydrogen-bond acceptors (Lipinski definition) is 3. The molecule has 0 fully saturated rings. The first kappa shape index (κ1) is 11.7. The van der Waals surface area contributed by atoms with Crippen LogP contribution in [0.5, 0.6) is 0 Å². The van der Waals surface area contributed by atoms with E-state index in [-0.39, 0.29) is 11.8 Å². The van der Waals surface area contributed by atoms with Crippen molar-refractivity contribution in [2.75, 3.05) is 0 Å². The van der Waals surface area contributed by atoms with Gasteiger partial charge in [-0.05, 0) is 18.1 Å². The highest BCUT2D eigenvalue weighted by Gasteiger charge is 2.29. The van der Waals surface area contributed by atoms with Crippen molar-refractivity contribution in [2.45, 2.75) is 25.8 Å². The smallest absolute Gasteiger partial charge is 0.321 e. The molecule has 0 aliphatic carbocycles. The molecule has 0 saturated heterocycles. The highest BCUT2D eigenvalue weighted by Crippen LogP contribution is 2.25. The van der Waals surface area contributed by atoms with Crippen LogP contribution in [-0.4, -0.2) is 22.1 Å². The van der Waals surface area contributed by atoms with Crippen LogP contribution in [-0.2, 0) is 4.79 Å². The van der Waals surface area contributed by atoms with Gasteiger partial charge in [0, 0.05) is 17.8 Å². The van der Waals surface area contributed by atoms with Gasteiger partial charge in [-0.2, -0.15) is 0 Å². The summed E-state index contributed by atoms with van der Waals surface area (Å²) in [6.07, 6.45) is 1.65. The van der Waals surface area contributed by atoms with Crippen molar-refractivity contribution in [3.05, 3.63) is 30.1 Å². The third kappa shape index (κ3) is 2.76. The molecule has 4 heteroatoms. The van der Waals surface area contributed by atoms with E-state index in [1.54, 1.807) is 12.3 Å². The first-order valence-electron chi connectivity index (χ1n) is 4.93. The number of nitrogens with zero attached hydrogens (tertiary/aromatic N) is 1. The minimum atomic E-state index is -0.987. The quantitative estimate of drug-likeness (QED) is 0.780. The molecule has 0 radical (unpaired) electrons. The molecule has 1 heterocycles. The van der Waals surface area contributed by atoms with Gasteiger partial charge in [0.1, 0.15) is 6.04 Å². The number of pyridine rings is 1. The highest BCUT2D eigenvalue weighted by molar-refractivity contribution is 5.74. The maximum Gasteiger partial charge on any atom is 0.321 e. The Bertz CT molecular complexity index is 325. The Balaban J connectivity index is 2.99. The SMILES string of the molecule is CC(C)C(c1ccccn1)C(N)C(=O)O. The fourth-order valence-corrected chi connectivity index (χ4v) is 1.67. The number of carboxylic acids is 1. The lowest BCUT2D eigenvalue weighted by atomic mass is 9.86. The lowest BCUT2D eigenvalue weighted by Gasteiger charge is -2.23. The minimum absolute atomic E-state index is 0.144. The van der Waals surface area contributed by atoms with Crippen LogP contribution in [0.15, 0.2) is 24.4 Å². The Kier molecular flexibility index (Phi) is 3.80. The maximum atomic E-state index is 10.9. The van der Waals surface area contributed by atoms with Gasteiger partial charge in [-0.25, -0.2) is 0 Å². The second kappa shape index (κ2) is 4.89. The number of nitrogens with two attached hydrogens (primary N) is 1. The van der Waals surface area contributed by atoms with E-state index >= 15 is 0 Å². The lowest BCUT2D eigenvalue weighted by molar-refractivity contribution is -0.139. The van der Waals surface area contributed by atoms with E-state index in [1.165, 1.54) is 0 Å². The molecule has 15 heavy (non-hydrogen) atoms. The van der Waals surface area contributed by atoms with Gasteiger partial charge in [0.05, 0.1) is 0 Å². The fraction of sp³-hybridized carbons (Fsp3) is 0.455. The van der Waals surface area contributed by atoms with E-state index in [4.69, 9.17) is 10.8 Å². The third-order valence-corrected chi connectivity index (χ3v) is 2.42. The predicted molar refractivity (Wildman–Crippen MR) is 57.4 cm³/mol. The molecular weight excluding hydrogens is 192 g/mol.